The highest BCUT2D eigenvalue weighted by Gasteiger charge is 2.31. The van der Waals surface area contributed by atoms with Gasteiger partial charge in [0.1, 0.15) is 5.82 Å². The molecular formula is C12H14FNO2S. The van der Waals surface area contributed by atoms with E-state index in [1.54, 1.807) is 6.07 Å². The van der Waals surface area contributed by atoms with Gasteiger partial charge >= 0.3 is 5.97 Å². The predicted octanol–water partition coefficient (Wildman–Crippen LogP) is 2.60. The monoisotopic (exact) mass is 255 g/mol. The molecule has 0 radical (unpaired) electrons. The molecule has 3 nitrogen and oxygen atoms in total. The highest BCUT2D eigenvalue weighted by Crippen LogP contribution is 2.42. The number of carbonyl (C=O) groups is 1. The van der Waals surface area contributed by atoms with Crippen molar-refractivity contribution in [3.05, 3.63) is 24.0 Å². The highest BCUT2D eigenvalue weighted by molar-refractivity contribution is 8.00. The average molecular weight is 255 g/mol. The van der Waals surface area contributed by atoms with Crippen molar-refractivity contribution in [1.82, 2.24) is 0 Å². The Kier molecular flexibility index (Phi) is 3.28. The molecular weight excluding hydrogens is 241 g/mol. The van der Waals surface area contributed by atoms with Gasteiger partial charge in [-0.15, -0.1) is 11.8 Å². The maximum Gasteiger partial charge on any atom is 0.304 e. The number of fused-ring (bicyclic) bond motifs is 1. The van der Waals surface area contributed by atoms with Gasteiger partial charge in [0, 0.05) is 23.2 Å². The molecule has 1 aromatic rings. The Morgan fingerprint density at radius 1 is 1.59 bits per heavy atom. The largest absolute Gasteiger partial charge is 0.481 e. The summed E-state index contributed by atoms with van der Waals surface area (Å²) in [6, 6.07) is 4.76. The molecule has 0 saturated heterocycles. The lowest BCUT2D eigenvalue weighted by Crippen LogP contribution is -2.41. The number of nitrogens with zero attached hydrogens (tertiary/aromatic N) is 1. The van der Waals surface area contributed by atoms with Crippen LogP contribution in [0, 0.1) is 5.82 Å². The van der Waals surface area contributed by atoms with E-state index in [-0.39, 0.29) is 23.5 Å². The molecule has 0 fully saturated rings. The van der Waals surface area contributed by atoms with Crippen molar-refractivity contribution in [3.8, 4) is 0 Å². The maximum absolute atomic E-state index is 13.2. The molecule has 0 bridgehead atoms. The van der Waals surface area contributed by atoms with Crippen LogP contribution in [-0.2, 0) is 4.79 Å². The van der Waals surface area contributed by atoms with Gasteiger partial charge in [-0.25, -0.2) is 4.39 Å². The van der Waals surface area contributed by atoms with E-state index >= 15 is 0 Å². The summed E-state index contributed by atoms with van der Waals surface area (Å²) in [5, 5.41) is 8.82. The van der Waals surface area contributed by atoms with Crippen LogP contribution in [-0.4, -0.2) is 29.4 Å². The molecule has 1 aliphatic rings. The first-order valence-electron chi connectivity index (χ1n) is 5.40. The molecule has 2 atom stereocenters. The Morgan fingerprint density at radius 2 is 2.29 bits per heavy atom. The van der Waals surface area contributed by atoms with E-state index < -0.39 is 5.97 Å². The number of anilines is 1. The van der Waals surface area contributed by atoms with Crippen LogP contribution in [0.1, 0.15) is 13.3 Å². The first-order chi connectivity index (χ1) is 7.99. The predicted molar refractivity (Wildman–Crippen MR) is 66.2 cm³/mol. The van der Waals surface area contributed by atoms with E-state index in [1.807, 2.05) is 18.9 Å². The van der Waals surface area contributed by atoms with Gasteiger partial charge in [-0.2, -0.15) is 0 Å². The topological polar surface area (TPSA) is 40.5 Å². The third-order valence-electron chi connectivity index (χ3n) is 3.10. The van der Waals surface area contributed by atoms with E-state index in [0.717, 1.165) is 10.6 Å². The normalized spacial score (nSPS) is 23.4. The number of benzene rings is 1. The number of hydrogen-bond acceptors (Lipinski definition) is 3. The fourth-order valence-electron chi connectivity index (χ4n) is 1.99. The summed E-state index contributed by atoms with van der Waals surface area (Å²) in [6.07, 6.45) is 0.0894. The molecule has 5 heteroatoms. The molecule has 0 saturated carbocycles. The van der Waals surface area contributed by atoms with Crippen LogP contribution in [0.4, 0.5) is 10.1 Å². The van der Waals surface area contributed by atoms with Gasteiger partial charge in [-0.1, -0.05) is 0 Å². The van der Waals surface area contributed by atoms with Gasteiger partial charge in [0.2, 0.25) is 0 Å². The first kappa shape index (κ1) is 12.2. The molecule has 2 unspecified atom stereocenters. The van der Waals surface area contributed by atoms with Gasteiger partial charge in [-0.05, 0) is 25.1 Å². The van der Waals surface area contributed by atoms with Gasteiger partial charge in [-0.3, -0.25) is 4.79 Å². The second-order valence-corrected chi connectivity index (χ2v) is 5.50. The number of thioether (sulfide) groups is 1. The number of hydrogen-bond donors (Lipinski definition) is 1. The summed E-state index contributed by atoms with van der Waals surface area (Å²) in [7, 11) is 1.91. The molecule has 0 aliphatic carbocycles. The molecule has 1 heterocycles. The smallest absolute Gasteiger partial charge is 0.304 e. The lowest BCUT2D eigenvalue weighted by Gasteiger charge is -2.38. The molecule has 1 N–H and O–H groups in total. The summed E-state index contributed by atoms with van der Waals surface area (Å²) in [5.74, 6) is -1.10. The summed E-state index contributed by atoms with van der Waals surface area (Å²) in [4.78, 5) is 13.6. The van der Waals surface area contributed by atoms with Gasteiger partial charge in [0.25, 0.3) is 0 Å². The van der Waals surface area contributed by atoms with Crippen LogP contribution in [0.15, 0.2) is 23.1 Å². The number of aliphatic carboxylic acids is 1. The Bertz CT molecular complexity index is 452. The fourth-order valence-corrected chi connectivity index (χ4v) is 3.43. The van der Waals surface area contributed by atoms with E-state index in [2.05, 4.69) is 0 Å². The third-order valence-corrected chi connectivity index (χ3v) is 4.55. The Labute approximate surface area is 104 Å². The van der Waals surface area contributed by atoms with Gasteiger partial charge < -0.3 is 10.0 Å². The van der Waals surface area contributed by atoms with Crippen molar-refractivity contribution in [2.45, 2.75) is 29.5 Å². The van der Waals surface area contributed by atoms with E-state index in [4.69, 9.17) is 5.11 Å². The molecule has 92 valence electrons. The van der Waals surface area contributed by atoms with Gasteiger partial charge in [0.05, 0.1) is 12.1 Å². The van der Waals surface area contributed by atoms with Crippen molar-refractivity contribution >= 4 is 23.4 Å². The van der Waals surface area contributed by atoms with Gasteiger partial charge in [0.15, 0.2) is 0 Å². The zero-order chi connectivity index (χ0) is 12.6. The molecule has 2 rings (SSSR count). The number of carboxylic acids is 1. The number of halogens is 1. The molecule has 1 aromatic carbocycles. The fraction of sp³-hybridized carbons (Fsp3) is 0.417. The standard InChI is InChI=1S/C12H14FNO2S/c1-7-10(6-12(15)16)17-11-5-8(13)3-4-9(11)14(7)2/h3-5,7,10H,6H2,1-2H3,(H,15,16). The first-order valence-corrected chi connectivity index (χ1v) is 6.28. The Hall–Kier alpha value is -1.23. The minimum Gasteiger partial charge on any atom is -0.481 e. The molecule has 0 amide bonds. The summed E-state index contributed by atoms with van der Waals surface area (Å²) >= 11 is 1.45. The van der Waals surface area contributed by atoms with Crippen LogP contribution < -0.4 is 4.90 Å². The minimum atomic E-state index is -0.817. The second kappa shape index (κ2) is 4.56. The van der Waals surface area contributed by atoms with Crippen LogP contribution >= 0.6 is 11.8 Å². The van der Waals surface area contributed by atoms with Crippen molar-refractivity contribution in [3.63, 3.8) is 0 Å². The SMILES string of the molecule is CC1C(CC(=O)O)Sc2cc(F)ccc2N1C. The zero-order valence-electron chi connectivity index (χ0n) is 9.68. The lowest BCUT2D eigenvalue weighted by atomic mass is 10.1. The maximum atomic E-state index is 13.2. The average Bonchev–Trinajstić information content (AvgIpc) is 2.24. The summed E-state index contributed by atoms with van der Waals surface area (Å²) < 4.78 is 13.2. The van der Waals surface area contributed by atoms with Crippen LogP contribution in [0.25, 0.3) is 0 Å². The number of carboxylic acid groups (broad SMARTS) is 1. The second-order valence-electron chi connectivity index (χ2n) is 4.22. The van der Waals surface area contributed by atoms with E-state index in [9.17, 15) is 9.18 Å². The highest BCUT2D eigenvalue weighted by atomic mass is 32.2. The molecule has 0 aromatic heterocycles. The van der Waals surface area contributed by atoms with Crippen molar-refractivity contribution in [2.24, 2.45) is 0 Å². The van der Waals surface area contributed by atoms with Crippen molar-refractivity contribution < 1.29 is 14.3 Å². The van der Waals surface area contributed by atoms with Crippen molar-refractivity contribution in [2.75, 3.05) is 11.9 Å². The quantitative estimate of drug-likeness (QED) is 0.882. The minimum absolute atomic E-state index is 0.0493. The van der Waals surface area contributed by atoms with Crippen LogP contribution in [0.2, 0.25) is 0 Å². The molecule has 0 spiro atoms. The Balaban J connectivity index is 2.32. The molecule has 1 aliphatic heterocycles. The summed E-state index contributed by atoms with van der Waals surface area (Å²) in [6.45, 7) is 1.99. The van der Waals surface area contributed by atoms with E-state index in [0.29, 0.717) is 0 Å². The third kappa shape index (κ3) is 2.39. The van der Waals surface area contributed by atoms with E-state index in [1.165, 1.54) is 23.9 Å². The van der Waals surface area contributed by atoms with Crippen LogP contribution in [0.3, 0.4) is 0 Å². The zero-order valence-corrected chi connectivity index (χ0v) is 10.5. The molecule has 17 heavy (non-hydrogen) atoms. The summed E-state index contributed by atoms with van der Waals surface area (Å²) in [5.41, 5.74) is 0.963. The Morgan fingerprint density at radius 3 is 2.94 bits per heavy atom. The van der Waals surface area contributed by atoms with Crippen molar-refractivity contribution in [1.29, 1.82) is 0 Å². The lowest BCUT2D eigenvalue weighted by molar-refractivity contribution is -0.137. The van der Waals surface area contributed by atoms with Crippen LogP contribution in [0.5, 0.6) is 0 Å². The number of rotatable bonds is 2.